The van der Waals surface area contributed by atoms with Crippen molar-refractivity contribution in [3.8, 4) is 0 Å². The number of carboxylic acids is 1. The summed E-state index contributed by atoms with van der Waals surface area (Å²) < 4.78 is 1.48. The van der Waals surface area contributed by atoms with Crippen LogP contribution in [0.5, 0.6) is 0 Å². The summed E-state index contributed by atoms with van der Waals surface area (Å²) >= 11 is 0. The van der Waals surface area contributed by atoms with E-state index in [0.29, 0.717) is 11.9 Å². The van der Waals surface area contributed by atoms with Crippen LogP contribution in [-0.2, 0) is 6.54 Å². The molecule has 0 amide bonds. The Labute approximate surface area is 133 Å². The highest BCUT2D eigenvalue weighted by atomic mass is 16.4. The summed E-state index contributed by atoms with van der Waals surface area (Å²) in [4.78, 5) is 28.8. The first kappa shape index (κ1) is 15.2. The Bertz CT molecular complexity index is 973. The molecule has 0 spiro atoms. The van der Waals surface area contributed by atoms with Gasteiger partial charge in [0.05, 0.1) is 16.4 Å². The van der Waals surface area contributed by atoms with Gasteiger partial charge >= 0.3 is 5.97 Å². The highest BCUT2D eigenvalue weighted by molar-refractivity contribution is 6.04. The normalized spacial score (nSPS) is 11.2. The number of carbonyl (C=O) groups is 1. The largest absolute Gasteiger partial charge is 0.478 e. The Morgan fingerprint density at radius 2 is 2.09 bits per heavy atom. The number of nitrogens with zero attached hydrogens (tertiary/aromatic N) is 2. The number of carboxylic acid groups (broad SMARTS) is 1. The first-order valence-electron chi connectivity index (χ1n) is 7.69. The van der Waals surface area contributed by atoms with Crippen molar-refractivity contribution >= 4 is 27.8 Å². The van der Waals surface area contributed by atoms with Gasteiger partial charge in [-0.15, -0.1) is 0 Å². The smallest absolute Gasteiger partial charge is 0.339 e. The zero-order chi connectivity index (χ0) is 16.6. The third kappa shape index (κ3) is 2.59. The molecular formula is C18H18N2O3. The second-order valence-electron chi connectivity index (χ2n) is 5.73. The summed E-state index contributed by atoms with van der Waals surface area (Å²) in [6.07, 6.45) is 3.17. The van der Waals surface area contributed by atoms with E-state index < -0.39 is 5.97 Å². The van der Waals surface area contributed by atoms with Crippen LogP contribution < -0.4 is 5.56 Å². The first-order chi connectivity index (χ1) is 11.0. The summed E-state index contributed by atoms with van der Waals surface area (Å²) in [5.74, 6) is -1.07. The zero-order valence-electron chi connectivity index (χ0n) is 13.2. The molecule has 118 valence electrons. The molecule has 1 aromatic carbocycles. The third-order valence-electron chi connectivity index (χ3n) is 4.06. The fraction of sp³-hybridized carbons (Fsp3) is 0.278. The van der Waals surface area contributed by atoms with Gasteiger partial charge in [-0.3, -0.25) is 4.79 Å². The van der Waals surface area contributed by atoms with Gasteiger partial charge in [0, 0.05) is 18.1 Å². The van der Waals surface area contributed by atoms with Crippen molar-refractivity contribution in [1.82, 2.24) is 9.55 Å². The van der Waals surface area contributed by atoms with Crippen molar-refractivity contribution in [2.75, 3.05) is 0 Å². The molecule has 5 nitrogen and oxygen atoms in total. The average Bonchev–Trinajstić information content (AvgIpc) is 2.53. The number of hydrogen-bond donors (Lipinski definition) is 1. The van der Waals surface area contributed by atoms with E-state index in [9.17, 15) is 14.7 Å². The molecule has 1 N–H and O–H groups in total. The van der Waals surface area contributed by atoms with Gasteiger partial charge in [-0.2, -0.15) is 0 Å². The predicted molar refractivity (Wildman–Crippen MR) is 90.1 cm³/mol. The quantitative estimate of drug-likeness (QED) is 0.750. The number of pyridine rings is 2. The van der Waals surface area contributed by atoms with Gasteiger partial charge in [0.25, 0.3) is 5.56 Å². The first-order valence-corrected chi connectivity index (χ1v) is 7.69. The number of aromatic nitrogens is 2. The molecule has 23 heavy (non-hydrogen) atoms. The number of fused-ring (bicyclic) bond motifs is 2. The number of unbranched alkanes of at least 4 members (excludes halogenated alkanes) is 1. The van der Waals surface area contributed by atoms with Crippen LogP contribution >= 0.6 is 0 Å². The molecule has 0 atom stereocenters. The second kappa shape index (κ2) is 5.83. The summed E-state index contributed by atoms with van der Waals surface area (Å²) in [6.45, 7) is 4.46. The van der Waals surface area contributed by atoms with Crippen LogP contribution in [0.4, 0.5) is 0 Å². The van der Waals surface area contributed by atoms with Crippen LogP contribution in [-0.4, -0.2) is 20.6 Å². The van der Waals surface area contributed by atoms with Gasteiger partial charge in [0.2, 0.25) is 0 Å². The van der Waals surface area contributed by atoms with E-state index in [4.69, 9.17) is 0 Å². The molecule has 2 heterocycles. The van der Waals surface area contributed by atoms with Crippen molar-refractivity contribution in [3.05, 3.63) is 51.9 Å². The minimum absolute atomic E-state index is 0.0702. The van der Waals surface area contributed by atoms with E-state index in [1.807, 2.05) is 32.0 Å². The molecule has 0 fully saturated rings. The fourth-order valence-electron chi connectivity index (χ4n) is 2.80. The Morgan fingerprint density at radius 3 is 2.78 bits per heavy atom. The maximum Gasteiger partial charge on any atom is 0.339 e. The molecule has 2 aromatic heterocycles. The molecular weight excluding hydrogens is 292 g/mol. The minimum atomic E-state index is -1.07. The summed E-state index contributed by atoms with van der Waals surface area (Å²) in [7, 11) is 0. The van der Waals surface area contributed by atoms with Crippen LogP contribution in [0.15, 0.2) is 35.3 Å². The van der Waals surface area contributed by atoms with Crippen molar-refractivity contribution in [2.24, 2.45) is 0 Å². The zero-order valence-corrected chi connectivity index (χ0v) is 13.2. The molecule has 0 saturated heterocycles. The standard InChI is InChI=1S/C18H18N2O3/c1-3-4-8-20-10-14(18(22)23)16-13(17(20)21)9-12-7-5-6-11(2)15(12)19-16/h5-7,9-10H,3-4,8H2,1-2H3,(H,22,23). The second-order valence-corrected chi connectivity index (χ2v) is 5.73. The molecule has 3 rings (SSSR count). The lowest BCUT2D eigenvalue weighted by Crippen LogP contribution is -2.22. The number of hydrogen-bond acceptors (Lipinski definition) is 3. The monoisotopic (exact) mass is 310 g/mol. The molecule has 3 aromatic rings. The van der Waals surface area contributed by atoms with Crippen molar-refractivity contribution in [3.63, 3.8) is 0 Å². The lowest BCUT2D eigenvalue weighted by atomic mass is 10.1. The van der Waals surface area contributed by atoms with Crippen molar-refractivity contribution in [2.45, 2.75) is 33.2 Å². The summed E-state index contributed by atoms with van der Waals surface area (Å²) in [5, 5.41) is 10.7. The Balaban J connectivity index is 2.41. The van der Waals surface area contributed by atoms with E-state index in [0.717, 1.165) is 29.3 Å². The number of benzene rings is 1. The molecule has 0 radical (unpaired) electrons. The Morgan fingerprint density at radius 1 is 1.30 bits per heavy atom. The summed E-state index contributed by atoms with van der Waals surface area (Å²) in [6, 6.07) is 7.46. The van der Waals surface area contributed by atoms with Crippen LogP contribution in [0.1, 0.15) is 35.7 Å². The van der Waals surface area contributed by atoms with Gasteiger partial charge in [-0.25, -0.2) is 9.78 Å². The van der Waals surface area contributed by atoms with Crippen LogP contribution in [0.2, 0.25) is 0 Å². The van der Waals surface area contributed by atoms with Crippen LogP contribution in [0.25, 0.3) is 21.8 Å². The molecule has 0 bridgehead atoms. The number of para-hydroxylation sites is 1. The number of aromatic carboxylic acids is 1. The van der Waals surface area contributed by atoms with E-state index in [-0.39, 0.29) is 16.6 Å². The number of rotatable bonds is 4. The van der Waals surface area contributed by atoms with Gasteiger partial charge < -0.3 is 9.67 Å². The minimum Gasteiger partial charge on any atom is -0.478 e. The third-order valence-corrected chi connectivity index (χ3v) is 4.06. The lowest BCUT2D eigenvalue weighted by molar-refractivity contribution is 0.0698. The maximum absolute atomic E-state index is 12.7. The molecule has 5 heteroatoms. The van der Waals surface area contributed by atoms with E-state index >= 15 is 0 Å². The highest BCUT2D eigenvalue weighted by Gasteiger charge is 2.16. The van der Waals surface area contributed by atoms with Crippen LogP contribution in [0, 0.1) is 6.92 Å². The van der Waals surface area contributed by atoms with E-state index in [1.54, 1.807) is 6.07 Å². The number of aryl methyl sites for hydroxylation is 2. The van der Waals surface area contributed by atoms with Gasteiger partial charge in [-0.05, 0) is 25.0 Å². The predicted octanol–water partition coefficient (Wildman–Crippen LogP) is 3.36. The topological polar surface area (TPSA) is 72.2 Å². The maximum atomic E-state index is 12.7. The average molecular weight is 310 g/mol. The molecule has 0 aliphatic carbocycles. The highest BCUT2D eigenvalue weighted by Crippen LogP contribution is 2.22. The van der Waals surface area contributed by atoms with Gasteiger partial charge in [0.15, 0.2) is 0 Å². The van der Waals surface area contributed by atoms with Gasteiger partial charge in [-0.1, -0.05) is 31.5 Å². The van der Waals surface area contributed by atoms with Crippen molar-refractivity contribution in [1.29, 1.82) is 0 Å². The molecule has 0 unspecified atom stereocenters. The van der Waals surface area contributed by atoms with Crippen LogP contribution in [0.3, 0.4) is 0 Å². The van der Waals surface area contributed by atoms with Gasteiger partial charge in [0.1, 0.15) is 5.56 Å². The Kier molecular flexibility index (Phi) is 3.86. The van der Waals surface area contributed by atoms with E-state index in [2.05, 4.69) is 4.98 Å². The fourth-order valence-corrected chi connectivity index (χ4v) is 2.80. The Hall–Kier alpha value is -2.69. The van der Waals surface area contributed by atoms with Crippen molar-refractivity contribution < 1.29 is 9.90 Å². The molecule has 0 aliphatic rings. The SMILES string of the molecule is CCCCn1cc(C(=O)O)c2nc3c(C)cccc3cc2c1=O. The lowest BCUT2D eigenvalue weighted by Gasteiger charge is -2.11. The summed E-state index contributed by atoms with van der Waals surface area (Å²) in [5.41, 5.74) is 1.83. The molecule has 0 saturated carbocycles. The van der Waals surface area contributed by atoms with E-state index in [1.165, 1.54) is 10.8 Å². The molecule has 0 aliphatic heterocycles.